The zero-order chi connectivity index (χ0) is 8.39. The molecule has 1 heterocycles. The maximum atomic E-state index is 5.44. The molecular weight excluding hydrogens is 152 g/mol. The van der Waals surface area contributed by atoms with Gasteiger partial charge in [0.25, 0.3) is 6.02 Å². The fraction of sp³-hybridized carbons (Fsp3) is 0.889. The molecule has 1 N–H and O–H groups in total. The summed E-state index contributed by atoms with van der Waals surface area (Å²) >= 11 is 0. The van der Waals surface area contributed by atoms with Gasteiger partial charge in [-0.3, -0.25) is 0 Å². The van der Waals surface area contributed by atoms with Crippen molar-refractivity contribution in [1.29, 1.82) is 0 Å². The van der Waals surface area contributed by atoms with E-state index in [4.69, 9.17) is 4.74 Å². The number of nitrogens with one attached hydrogen (secondary N) is 1. The number of rotatable bonds is 0. The van der Waals surface area contributed by atoms with Crippen LogP contribution >= 0.6 is 0 Å². The molecule has 0 aromatic carbocycles. The zero-order valence-corrected chi connectivity index (χ0v) is 7.55. The van der Waals surface area contributed by atoms with Gasteiger partial charge in [-0.15, -0.1) is 0 Å². The topological polar surface area (TPSA) is 33.6 Å². The molecule has 0 unspecified atom stereocenters. The number of nitrogens with zero attached hydrogens (tertiary/aromatic N) is 1. The summed E-state index contributed by atoms with van der Waals surface area (Å²) in [6.07, 6.45) is 5.32. The van der Waals surface area contributed by atoms with Crippen molar-refractivity contribution in [2.24, 2.45) is 10.9 Å². The standard InChI is InChI=1S/C9H16N2O/c1-10-9-11-8-5-3-2-4-7(8)6-12-9/h7-8H,2-6H2,1H3,(H,10,11)/t7-,8-/m0/s1. The highest BCUT2D eigenvalue weighted by molar-refractivity contribution is 5.74. The van der Waals surface area contributed by atoms with Gasteiger partial charge in [-0.25, -0.2) is 4.99 Å². The molecule has 68 valence electrons. The van der Waals surface area contributed by atoms with Crippen LogP contribution in [0.3, 0.4) is 0 Å². The minimum Gasteiger partial charge on any atom is -0.465 e. The molecule has 0 amide bonds. The Morgan fingerprint density at radius 1 is 1.42 bits per heavy atom. The van der Waals surface area contributed by atoms with E-state index in [2.05, 4.69) is 10.3 Å². The SMILES string of the molecule is CN=C1N[C@H]2CCCC[C@H]2CO1. The van der Waals surface area contributed by atoms with E-state index >= 15 is 0 Å². The van der Waals surface area contributed by atoms with Crippen molar-refractivity contribution < 1.29 is 4.74 Å². The molecule has 1 saturated heterocycles. The third-order valence-electron chi connectivity index (χ3n) is 2.86. The highest BCUT2D eigenvalue weighted by atomic mass is 16.5. The molecule has 2 fully saturated rings. The first-order chi connectivity index (χ1) is 5.90. The minimum absolute atomic E-state index is 0.631. The Hall–Kier alpha value is -0.730. The van der Waals surface area contributed by atoms with Crippen molar-refractivity contribution in [2.75, 3.05) is 13.7 Å². The Kier molecular flexibility index (Phi) is 2.19. The van der Waals surface area contributed by atoms with E-state index in [9.17, 15) is 0 Å². The lowest BCUT2D eigenvalue weighted by Crippen LogP contribution is -2.49. The van der Waals surface area contributed by atoms with Crippen molar-refractivity contribution in [2.45, 2.75) is 31.7 Å². The van der Waals surface area contributed by atoms with Crippen molar-refractivity contribution in [3.05, 3.63) is 0 Å². The van der Waals surface area contributed by atoms with E-state index < -0.39 is 0 Å². The summed E-state index contributed by atoms with van der Waals surface area (Å²) in [5.74, 6) is 0.726. The number of hydrogen-bond acceptors (Lipinski definition) is 2. The first-order valence-electron chi connectivity index (χ1n) is 4.76. The summed E-state index contributed by atoms with van der Waals surface area (Å²) in [5, 5.41) is 3.33. The van der Waals surface area contributed by atoms with Crippen LogP contribution in [0.5, 0.6) is 0 Å². The van der Waals surface area contributed by atoms with Gasteiger partial charge in [0.2, 0.25) is 0 Å². The van der Waals surface area contributed by atoms with E-state index in [1.54, 1.807) is 7.05 Å². The average molecular weight is 168 g/mol. The summed E-state index contributed by atoms with van der Waals surface area (Å²) in [6.45, 7) is 0.865. The minimum atomic E-state index is 0.631. The van der Waals surface area contributed by atoms with E-state index in [0.717, 1.165) is 18.5 Å². The normalized spacial score (nSPS) is 38.2. The summed E-state index contributed by atoms with van der Waals surface area (Å²) in [7, 11) is 1.77. The van der Waals surface area contributed by atoms with Gasteiger partial charge in [-0.1, -0.05) is 12.8 Å². The lowest BCUT2D eigenvalue weighted by atomic mass is 9.84. The fourth-order valence-corrected chi connectivity index (χ4v) is 2.11. The van der Waals surface area contributed by atoms with Crippen molar-refractivity contribution in [3.63, 3.8) is 0 Å². The van der Waals surface area contributed by atoms with Gasteiger partial charge in [0.05, 0.1) is 6.61 Å². The third kappa shape index (κ3) is 1.40. The van der Waals surface area contributed by atoms with Crippen LogP contribution in [0.4, 0.5) is 0 Å². The smallest absolute Gasteiger partial charge is 0.284 e. The molecule has 2 rings (SSSR count). The van der Waals surface area contributed by atoms with Crippen LogP contribution in [0.2, 0.25) is 0 Å². The number of ether oxygens (including phenoxy) is 1. The second kappa shape index (κ2) is 3.33. The van der Waals surface area contributed by atoms with Gasteiger partial charge in [0.15, 0.2) is 0 Å². The molecule has 0 radical (unpaired) electrons. The lowest BCUT2D eigenvalue weighted by molar-refractivity contribution is 0.124. The van der Waals surface area contributed by atoms with Gasteiger partial charge in [0.1, 0.15) is 0 Å². The molecule has 3 nitrogen and oxygen atoms in total. The second-order valence-corrected chi connectivity index (χ2v) is 3.64. The van der Waals surface area contributed by atoms with Crippen molar-refractivity contribution in [3.8, 4) is 0 Å². The Morgan fingerprint density at radius 2 is 2.25 bits per heavy atom. The average Bonchev–Trinajstić information content (AvgIpc) is 2.17. The van der Waals surface area contributed by atoms with Crippen LogP contribution in [0, 0.1) is 5.92 Å². The van der Waals surface area contributed by atoms with Crippen molar-refractivity contribution in [1.82, 2.24) is 5.32 Å². The largest absolute Gasteiger partial charge is 0.465 e. The van der Waals surface area contributed by atoms with E-state index in [1.807, 2.05) is 0 Å². The predicted molar refractivity (Wildman–Crippen MR) is 48.2 cm³/mol. The number of aliphatic imine (C=N–C) groups is 1. The van der Waals surface area contributed by atoms with Gasteiger partial charge in [-0.2, -0.15) is 0 Å². The molecule has 0 aromatic rings. The molecule has 3 heteroatoms. The molecule has 12 heavy (non-hydrogen) atoms. The summed E-state index contributed by atoms with van der Waals surface area (Å²) in [4.78, 5) is 4.02. The van der Waals surface area contributed by atoms with E-state index in [0.29, 0.717) is 6.04 Å². The highest BCUT2D eigenvalue weighted by Gasteiger charge is 2.30. The van der Waals surface area contributed by atoms with Crippen LogP contribution in [0.25, 0.3) is 0 Å². The Morgan fingerprint density at radius 3 is 3.08 bits per heavy atom. The van der Waals surface area contributed by atoms with Crippen LogP contribution < -0.4 is 5.32 Å². The third-order valence-corrected chi connectivity index (χ3v) is 2.86. The zero-order valence-electron chi connectivity index (χ0n) is 7.55. The first-order valence-corrected chi connectivity index (χ1v) is 4.76. The summed E-state index contributed by atoms with van der Waals surface area (Å²) in [6, 6.07) is 1.37. The van der Waals surface area contributed by atoms with E-state index in [-0.39, 0.29) is 0 Å². The Bertz CT molecular complexity index is 191. The summed E-state index contributed by atoms with van der Waals surface area (Å²) in [5.41, 5.74) is 0. The lowest BCUT2D eigenvalue weighted by Gasteiger charge is -2.36. The Balaban J connectivity index is 1.98. The molecular formula is C9H16N2O. The first kappa shape index (κ1) is 7.90. The fourth-order valence-electron chi connectivity index (χ4n) is 2.11. The van der Waals surface area contributed by atoms with Crippen LogP contribution in [0.1, 0.15) is 25.7 Å². The maximum Gasteiger partial charge on any atom is 0.284 e. The van der Waals surface area contributed by atoms with Gasteiger partial charge in [-0.05, 0) is 12.8 Å². The molecule has 1 saturated carbocycles. The maximum absolute atomic E-state index is 5.44. The molecule has 2 atom stereocenters. The second-order valence-electron chi connectivity index (χ2n) is 3.64. The quantitative estimate of drug-likeness (QED) is 0.588. The molecule has 2 aliphatic rings. The Labute approximate surface area is 73.2 Å². The molecule has 0 aromatic heterocycles. The highest BCUT2D eigenvalue weighted by Crippen LogP contribution is 2.26. The molecule has 1 aliphatic carbocycles. The molecule has 1 aliphatic heterocycles. The van der Waals surface area contributed by atoms with Gasteiger partial charge < -0.3 is 10.1 Å². The number of fused-ring (bicyclic) bond motifs is 1. The molecule has 0 spiro atoms. The van der Waals surface area contributed by atoms with Gasteiger partial charge in [0, 0.05) is 19.0 Å². The molecule has 0 bridgehead atoms. The van der Waals surface area contributed by atoms with E-state index in [1.165, 1.54) is 25.7 Å². The van der Waals surface area contributed by atoms with Gasteiger partial charge >= 0.3 is 0 Å². The number of amidine groups is 1. The van der Waals surface area contributed by atoms with Crippen LogP contribution in [0.15, 0.2) is 4.99 Å². The van der Waals surface area contributed by atoms with Crippen molar-refractivity contribution >= 4 is 6.02 Å². The number of hydrogen-bond donors (Lipinski definition) is 1. The monoisotopic (exact) mass is 168 g/mol. The van der Waals surface area contributed by atoms with Crippen LogP contribution in [-0.2, 0) is 4.74 Å². The predicted octanol–water partition coefficient (Wildman–Crippen LogP) is 1.15. The summed E-state index contributed by atoms with van der Waals surface area (Å²) < 4.78 is 5.44. The van der Waals surface area contributed by atoms with Crippen LogP contribution in [-0.4, -0.2) is 25.7 Å².